The Morgan fingerprint density at radius 3 is 2.44 bits per heavy atom. The number of allylic oxidation sites excluding steroid dienone is 1. The first-order valence-electron chi connectivity index (χ1n) is 12.0. The van der Waals surface area contributed by atoms with Crippen molar-refractivity contribution in [3.63, 3.8) is 0 Å². The summed E-state index contributed by atoms with van der Waals surface area (Å²) < 4.78 is 23.3. The van der Waals surface area contributed by atoms with Gasteiger partial charge in [-0.2, -0.15) is 0 Å². The lowest BCUT2D eigenvalue weighted by atomic mass is 9.96. The molecule has 0 fully saturated rings. The zero-order valence-corrected chi connectivity index (χ0v) is 22.9. The van der Waals surface area contributed by atoms with E-state index in [1.54, 1.807) is 64.3 Å². The van der Waals surface area contributed by atoms with Gasteiger partial charge in [-0.15, -0.1) is 0 Å². The number of hydrogen-bond acceptors (Lipinski definition) is 9. The molecule has 0 saturated carbocycles. The van der Waals surface area contributed by atoms with E-state index < -0.39 is 24.6 Å². The van der Waals surface area contributed by atoms with Gasteiger partial charge in [0.2, 0.25) is 0 Å². The van der Waals surface area contributed by atoms with E-state index in [-0.39, 0.29) is 23.0 Å². The summed E-state index contributed by atoms with van der Waals surface area (Å²) in [6, 6.07) is 11.3. The van der Waals surface area contributed by atoms with Gasteiger partial charge in [0, 0.05) is 0 Å². The Labute approximate surface area is 228 Å². The molecule has 0 spiro atoms. The van der Waals surface area contributed by atoms with Gasteiger partial charge in [-0.3, -0.25) is 9.36 Å². The van der Waals surface area contributed by atoms with Crippen LogP contribution in [0.4, 0.5) is 0 Å². The molecular weight excluding hydrogens is 524 g/mol. The summed E-state index contributed by atoms with van der Waals surface area (Å²) in [5.41, 5.74) is 1.77. The summed E-state index contributed by atoms with van der Waals surface area (Å²) in [5, 5.41) is 8.89. The summed E-state index contributed by atoms with van der Waals surface area (Å²) in [4.78, 5) is 42.9. The standard InChI is InChI=1S/C28H28N2O8S/c1-15(2)38-27(34)24-16(3)29-28-30(25(24)18-7-9-19(35-4)10-8-18)26(33)22(39-28)13-17-6-11-20(21(12-17)36-5)37-14-23(31)32/h6-13,15,25H,14H2,1-5H3,(H,31,32)/b22-13+/t25-/m1/s1. The van der Waals surface area contributed by atoms with Gasteiger partial charge in [-0.1, -0.05) is 29.5 Å². The van der Waals surface area contributed by atoms with Crippen molar-refractivity contribution in [2.45, 2.75) is 32.9 Å². The molecule has 0 bridgehead atoms. The van der Waals surface area contributed by atoms with Crippen LogP contribution in [0.2, 0.25) is 0 Å². The number of hydrogen-bond donors (Lipinski definition) is 1. The van der Waals surface area contributed by atoms with Crippen molar-refractivity contribution >= 4 is 29.4 Å². The van der Waals surface area contributed by atoms with Gasteiger partial charge >= 0.3 is 11.9 Å². The summed E-state index contributed by atoms with van der Waals surface area (Å²) >= 11 is 1.19. The molecular formula is C28H28N2O8S. The first kappa shape index (κ1) is 27.6. The van der Waals surface area contributed by atoms with Crippen LogP contribution < -0.4 is 29.1 Å². The minimum absolute atomic E-state index is 0.266. The average Bonchev–Trinajstić information content (AvgIpc) is 3.20. The normalized spacial score (nSPS) is 15.0. The number of aromatic nitrogens is 1. The largest absolute Gasteiger partial charge is 0.497 e. The number of carbonyl (C=O) groups excluding carboxylic acids is 1. The smallest absolute Gasteiger partial charge is 0.341 e. The molecule has 1 N–H and O–H groups in total. The zero-order valence-electron chi connectivity index (χ0n) is 22.1. The number of thiazole rings is 1. The van der Waals surface area contributed by atoms with E-state index in [2.05, 4.69) is 4.99 Å². The van der Waals surface area contributed by atoms with Crippen LogP contribution in [0, 0.1) is 0 Å². The van der Waals surface area contributed by atoms with Crippen LogP contribution in [-0.4, -0.2) is 48.5 Å². The van der Waals surface area contributed by atoms with Crippen LogP contribution in [0.1, 0.15) is 37.9 Å². The van der Waals surface area contributed by atoms with Crippen molar-refractivity contribution in [2.75, 3.05) is 20.8 Å². The van der Waals surface area contributed by atoms with E-state index in [1.807, 2.05) is 12.1 Å². The number of fused-ring (bicyclic) bond motifs is 1. The maximum absolute atomic E-state index is 13.8. The molecule has 204 valence electrons. The highest BCUT2D eigenvalue weighted by molar-refractivity contribution is 7.07. The first-order valence-corrected chi connectivity index (χ1v) is 12.8. The molecule has 0 radical (unpaired) electrons. The molecule has 3 aromatic rings. The molecule has 2 heterocycles. The number of carbonyl (C=O) groups is 2. The van der Waals surface area contributed by atoms with Crippen molar-refractivity contribution in [1.29, 1.82) is 0 Å². The second-order valence-electron chi connectivity index (χ2n) is 8.90. The van der Waals surface area contributed by atoms with Gasteiger partial charge in [0.05, 0.1) is 42.2 Å². The Morgan fingerprint density at radius 2 is 1.82 bits per heavy atom. The van der Waals surface area contributed by atoms with E-state index in [0.29, 0.717) is 37.7 Å². The maximum Gasteiger partial charge on any atom is 0.341 e. The van der Waals surface area contributed by atoms with Gasteiger partial charge in [-0.25, -0.2) is 14.6 Å². The molecule has 1 aliphatic rings. The molecule has 10 nitrogen and oxygen atoms in total. The number of benzene rings is 2. The van der Waals surface area contributed by atoms with Gasteiger partial charge in [0.15, 0.2) is 22.9 Å². The van der Waals surface area contributed by atoms with Crippen molar-refractivity contribution in [3.8, 4) is 17.2 Å². The third kappa shape index (κ3) is 5.88. The highest BCUT2D eigenvalue weighted by Gasteiger charge is 2.33. The van der Waals surface area contributed by atoms with Crippen molar-refractivity contribution < 1.29 is 33.6 Å². The van der Waals surface area contributed by atoms with Crippen LogP contribution >= 0.6 is 11.3 Å². The van der Waals surface area contributed by atoms with Gasteiger partial charge in [-0.05, 0) is 62.2 Å². The quantitative estimate of drug-likeness (QED) is 0.402. The number of aliphatic carboxylic acids is 1. The number of ether oxygens (including phenoxy) is 4. The Balaban J connectivity index is 1.85. The first-order chi connectivity index (χ1) is 18.6. The van der Waals surface area contributed by atoms with Crippen LogP contribution in [0.15, 0.2) is 63.5 Å². The fourth-order valence-electron chi connectivity index (χ4n) is 4.15. The molecule has 2 aromatic carbocycles. The maximum atomic E-state index is 13.8. The van der Waals surface area contributed by atoms with Gasteiger partial charge < -0.3 is 24.1 Å². The topological polar surface area (TPSA) is 126 Å². The molecule has 1 aliphatic heterocycles. The third-order valence-corrected chi connectivity index (χ3v) is 6.84. The van der Waals surface area contributed by atoms with E-state index in [9.17, 15) is 14.4 Å². The molecule has 0 aliphatic carbocycles. The number of methoxy groups -OCH3 is 2. The number of esters is 1. The van der Waals surface area contributed by atoms with Crippen molar-refractivity contribution in [1.82, 2.24) is 4.57 Å². The lowest BCUT2D eigenvalue weighted by molar-refractivity contribution is -0.143. The molecule has 4 rings (SSSR count). The molecule has 39 heavy (non-hydrogen) atoms. The van der Waals surface area contributed by atoms with E-state index in [1.165, 1.54) is 23.0 Å². The number of carboxylic acids is 1. The average molecular weight is 553 g/mol. The zero-order chi connectivity index (χ0) is 28.3. The lowest BCUT2D eigenvalue weighted by Crippen LogP contribution is -2.40. The fraction of sp³-hybridized carbons (Fsp3) is 0.286. The Bertz CT molecular complexity index is 1620. The molecule has 0 saturated heterocycles. The molecule has 0 unspecified atom stereocenters. The summed E-state index contributed by atoms with van der Waals surface area (Å²) in [6.07, 6.45) is 1.33. The lowest BCUT2D eigenvalue weighted by Gasteiger charge is -2.25. The minimum Gasteiger partial charge on any atom is -0.497 e. The SMILES string of the molecule is COc1ccc([C@@H]2C(C(=O)OC(C)C)=C(C)N=c3s/c(=C/c4ccc(OCC(=O)O)c(OC)c4)c(=O)n32)cc1. The van der Waals surface area contributed by atoms with Crippen LogP contribution in [0.5, 0.6) is 17.2 Å². The highest BCUT2D eigenvalue weighted by Crippen LogP contribution is 2.32. The summed E-state index contributed by atoms with van der Waals surface area (Å²) in [6.45, 7) is 4.74. The van der Waals surface area contributed by atoms with E-state index in [0.717, 1.165) is 0 Å². The predicted molar refractivity (Wildman–Crippen MR) is 144 cm³/mol. The van der Waals surface area contributed by atoms with Gasteiger partial charge in [0.1, 0.15) is 5.75 Å². The Hall–Kier alpha value is -4.38. The molecule has 1 aromatic heterocycles. The Kier molecular flexibility index (Phi) is 8.20. The number of carboxylic acid groups (broad SMARTS) is 1. The summed E-state index contributed by atoms with van der Waals surface area (Å²) in [7, 11) is 3.00. The third-order valence-electron chi connectivity index (χ3n) is 5.85. The van der Waals surface area contributed by atoms with Gasteiger partial charge in [0.25, 0.3) is 5.56 Å². The van der Waals surface area contributed by atoms with Crippen LogP contribution in [-0.2, 0) is 14.3 Å². The highest BCUT2D eigenvalue weighted by atomic mass is 32.1. The van der Waals surface area contributed by atoms with Crippen molar-refractivity contribution in [2.24, 2.45) is 4.99 Å². The van der Waals surface area contributed by atoms with Crippen LogP contribution in [0.25, 0.3) is 6.08 Å². The van der Waals surface area contributed by atoms with E-state index in [4.69, 9.17) is 24.1 Å². The second kappa shape index (κ2) is 11.6. The van der Waals surface area contributed by atoms with Crippen LogP contribution in [0.3, 0.4) is 0 Å². The molecule has 1 atom stereocenters. The molecule has 11 heteroatoms. The monoisotopic (exact) mass is 552 g/mol. The van der Waals surface area contributed by atoms with Crippen molar-refractivity contribution in [3.05, 3.63) is 84.5 Å². The second-order valence-corrected chi connectivity index (χ2v) is 9.91. The minimum atomic E-state index is -1.11. The Morgan fingerprint density at radius 1 is 1.10 bits per heavy atom. The molecule has 0 amide bonds. The number of rotatable bonds is 9. The fourth-order valence-corrected chi connectivity index (χ4v) is 5.19. The van der Waals surface area contributed by atoms with E-state index >= 15 is 0 Å². The number of nitrogens with zero attached hydrogens (tertiary/aromatic N) is 2. The summed E-state index contributed by atoms with van der Waals surface area (Å²) in [5.74, 6) is -0.420. The predicted octanol–water partition coefficient (Wildman–Crippen LogP) is 2.67.